The zero-order valence-electron chi connectivity index (χ0n) is 19.6. The van der Waals surface area contributed by atoms with Crippen molar-refractivity contribution >= 4 is 23.4 Å². The molecule has 1 saturated heterocycles. The van der Waals surface area contributed by atoms with Crippen molar-refractivity contribution in [3.8, 4) is 0 Å². The quantitative estimate of drug-likeness (QED) is 0.367. The molecule has 1 N–H and O–H groups in total. The molecule has 10 heteroatoms. The number of ether oxygens (including phenoxy) is 2. The number of nitro benzene ring substituents is 1. The lowest BCUT2D eigenvalue weighted by Crippen LogP contribution is -2.45. The Kier molecular flexibility index (Phi) is 8.82. The summed E-state index contributed by atoms with van der Waals surface area (Å²) in [6.07, 6.45) is 1.30. The predicted molar refractivity (Wildman–Crippen MR) is 121 cm³/mol. The third-order valence-corrected chi connectivity index (χ3v) is 5.11. The topological polar surface area (TPSA) is 114 Å². The molecule has 1 fully saturated rings. The maximum atomic E-state index is 13.1. The fourth-order valence-corrected chi connectivity index (χ4v) is 3.64. The maximum absolute atomic E-state index is 13.1. The van der Waals surface area contributed by atoms with Crippen LogP contribution in [-0.4, -0.2) is 79.3 Å². The first-order valence-electron chi connectivity index (χ1n) is 10.8. The second-order valence-electron chi connectivity index (χ2n) is 9.03. The van der Waals surface area contributed by atoms with Gasteiger partial charge in [0.25, 0.3) is 11.6 Å². The standard InChI is InChI=1S/C22H34N4O6/c1-22(2,3)32-21(28)24(4)14-16-7-6-11-25(15-16)20(27)17-8-9-18(23-10-12-31-5)19(13-17)26(29)30/h8-9,13,16,23H,6-7,10-12,14-15H2,1-5H3. The number of nitro groups is 1. The zero-order chi connectivity index (χ0) is 23.9. The Bertz CT molecular complexity index is 823. The molecule has 0 bridgehead atoms. The highest BCUT2D eigenvalue weighted by Gasteiger charge is 2.29. The average molecular weight is 451 g/mol. The van der Waals surface area contributed by atoms with E-state index in [-0.39, 0.29) is 23.1 Å². The minimum Gasteiger partial charge on any atom is -0.444 e. The molecular formula is C22H34N4O6. The molecule has 1 aliphatic rings. The molecule has 2 rings (SSSR count). The van der Waals surface area contributed by atoms with Gasteiger partial charge in [-0.2, -0.15) is 0 Å². The smallest absolute Gasteiger partial charge is 0.410 e. The second kappa shape index (κ2) is 11.1. The van der Waals surface area contributed by atoms with E-state index in [0.29, 0.717) is 38.5 Å². The minimum atomic E-state index is -0.570. The maximum Gasteiger partial charge on any atom is 0.410 e. The molecule has 2 amide bonds. The van der Waals surface area contributed by atoms with E-state index >= 15 is 0 Å². The van der Waals surface area contributed by atoms with Gasteiger partial charge < -0.3 is 24.6 Å². The van der Waals surface area contributed by atoms with Crippen molar-refractivity contribution in [3.63, 3.8) is 0 Å². The van der Waals surface area contributed by atoms with E-state index in [1.54, 1.807) is 31.2 Å². The van der Waals surface area contributed by atoms with Crippen LogP contribution in [0.15, 0.2) is 18.2 Å². The number of piperidine rings is 1. The van der Waals surface area contributed by atoms with Gasteiger partial charge in [0, 0.05) is 52.0 Å². The Labute approximate surface area is 189 Å². The van der Waals surface area contributed by atoms with Gasteiger partial charge in [-0.25, -0.2) is 4.79 Å². The number of nitrogens with zero attached hydrogens (tertiary/aromatic N) is 3. The third kappa shape index (κ3) is 7.37. The van der Waals surface area contributed by atoms with Gasteiger partial charge in [0.15, 0.2) is 0 Å². The van der Waals surface area contributed by atoms with Crippen molar-refractivity contribution < 1.29 is 24.0 Å². The van der Waals surface area contributed by atoms with E-state index in [2.05, 4.69) is 5.32 Å². The number of carbonyl (C=O) groups is 2. The summed E-state index contributed by atoms with van der Waals surface area (Å²) >= 11 is 0. The summed E-state index contributed by atoms with van der Waals surface area (Å²) in [6, 6.07) is 4.47. The summed E-state index contributed by atoms with van der Waals surface area (Å²) in [7, 11) is 3.24. The van der Waals surface area contributed by atoms with Gasteiger partial charge in [-0.1, -0.05) is 0 Å². The van der Waals surface area contributed by atoms with Crippen LogP contribution in [0.3, 0.4) is 0 Å². The van der Waals surface area contributed by atoms with Crippen LogP contribution in [0.5, 0.6) is 0 Å². The predicted octanol–water partition coefficient (Wildman–Crippen LogP) is 3.37. The number of methoxy groups -OCH3 is 1. The van der Waals surface area contributed by atoms with Gasteiger partial charge in [0.1, 0.15) is 11.3 Å². The molecule has 32 heavy (non-hydrogen) atoms. The number of hydrogen-bond donors (Lipinski definition) is 1. The minimum absolute atomic E-state index is 0.107. The molecular weight excluding hydrogens is 416 g/mol. The van der Waals surface area contributed by atoms with Gasteiger partial charge in [-0.15, -0.1) is 0 Å². The van der Waals surface area contributed by atoms with Crippen molar-refractivity contribution in [1.29, 1.82) is 0 Å². The van der Waals surface area contributed by atoms with Crippen molar-refractivity contribution in [3.05, 3.63) is 33.9 Å². The van der Waals surface area contributed by atoms with Crippen LogP contribution in [0.4, 0.5) is 16.2 Å². The number of rotatable bonds is 8. The molecule has 1 heterocycles. The van der Waals surface area contributed by atoms with E-state index in [0.717, 1.165) is 12.8 Å². The Morgan fingerprint density at radius 3 is 2.69 bits per heavy atom. The third-order valence-electron chi connectivity index (χ3n) is 5.11. The van der Waals surface area contributed by atoms with Gasteiger partial charge >= 0.3 is 6.09 Å². The van der Waals surface area contributed by atoms with Crippen molar-refractivity contribution in [1.82, 2.24) is 9.80 Å². The van der Waals surface area contributed by atoms with Crippen LogP contribution in [0, 0.1) is 16.0 Å². The molecule has 0 spiro atoms. The SMILES string of the molecule is COCCNc1ccc(C(=O)N2CCCC(CN(C)C(=O)OC(C)(C)C)C2)cc1[N+](=O)[O-]. The highest BCUT2D eigenvalue weighted by molar-refractivity contribution is 5.95. The number of amides is 2. The van der Waals surface area contributed by atoms with Crippen molar-refractivity contribution in [2.75, 3.05) is 52.3 Å². The highest BCUT2D eigenvalue weighted by atomic mass is 16.6. The Hall–Kier alpha value is -2.88. The lowest BCUT2D eigenvalue weighted by Gasteiger charge is -2.35. The molecule has 0 radical (unpaired) electrons. The van der Waals surface area contributed by atoms with Gasteiger partial charge in [-0.05, 0) is 51.7 Å². The molecule has 1 aromatic carbocycles. The molecule has 1 aromatic rings. The highest BCUT2D eigenvalue weighted by Crippen LogP contribution is 2.27. The van der Waals surface area contributed by atoms with E-state index in [4.69, 9.17) is 9.47 Å². The average Bonchev–Trinajstić information content (AvgIpc) is 2.72. The zero-order valence-corrected chi connectivity index (χ0v) is 19.6. The van der Waals surface area contributed by atoms with E-state index < -0.39 is 16.6 Å². The largest absolute Gasteiger partial charge is 0.444 e. The first kappa shape index (κ1) is 25.4. The second-order valence-corrected chi connectivity index (χ2v) is 9.03. The molecule has 0 aromatic heterocycles. The summed E-state index contributed by atoms with van der Waals surface area (Å²) in [4.78, 5) is 39.5. The summed E-state index contributed by atoms with van der Waals surface area (Å²) in [5, 5.41) is 14.5. The van der Waals surface area contributed by atoms with Gasteiger partial charge in [0.2, 0.25) is 0 Å². The Morgan fingerprint density at radius 1 is 1.34 bits per heavy atom. The van der Waals surface area contributed by atoms with Crippen LogP contribution in [0.25, 0.3) is 0 Å². The summed E-state index contributed by atoms with van der Waals surface area (Å²) in [5.74, 6) is -0.142. The van der Waals surface area contributed by atoms with Crippen LogP contribution < -0.4 is 5.32 Å². The van der Waals surface area contributed by atoms with E-state index in [9.17, 15) is 19.7 Å². The number of hydrogen-bond acceptors (Lipinski definition) is 7. The van der Waals surface area contributed by atoms with Crippen molar-refractivity contribution in [2.45, 2.75) is 39.2 Å². The van der Waals surface area contributed by atoms with Crippen molar-refractivity contribution in [2.24, 2.45) is 5.92 Å². The molecule has 10 nitrogen and oxygen atoms in total. The summed E-state index contributed by atoms with van der Waals surface area (Å²) < 4.78 is 10.4. The number of benzene rings is 1. The van der Waals surface area contributed by atoms with Gasteiger partial charge in [-0.3, -0.25) is 14.9 Å². The van der Waals surface area contributed by atoms with Crippen LogP contribution in [-0.2, 0) is 9.47 Å². The first-order valence-corrected chi connectivity index (χ1v) is 10.8. The van der Waals surface area contributed by atoms with Gasteiger partial charge in [0.05, 0.1) is 11.5 Å². The monoisotopic (exact) mass is 450 g/mol. The van der Waals surface area contributed by atoms with Crippen LogP contribution in [0.1, 0.15) is 44.0 Å². The number of likely N-dealkylation sites (tertiary alicyclic amines) is 1. The Balaban J connectivity index is 2.05. The summed E-state index contributed by atoms with van der Waals surface area (Å²) in [6.45, 7) is 7.81. The van der Waals surface area contributed by atoms with Crippen LogP contribution >= 0.6 is 0 Å². The lowest BCUT2D eigenvalue weighted by molar-refractivity contribution is -0.384. The van der Waals surface area contributed by atoms with Crippen LogP contribution in [0.2, 0.25) is 0 Å². The first-order chi connectivity index (χ1) is 15.0. The summed E-state index contributed by atoms with van der Waals surface area (Å²) in [5.41, 5.74) is -0.0985. The molecule has 0 aliphatic carbocycles. The number of nitrogens with one attached hydrogen (secondary N) is 1. The normalized spacial score (nSPS) is 16.4. The molecule has 178 valence electrons. The molecule has 1 aliphatic heterocycles. The fourth-order valence-electron chi connectivity index (χ4n) is 3.64. The molecule has 0 saturated carbocycles. The number of carbonyl (C=O) groups excluding carboxylic acids is 2. The molecule has 1 unspecified atom stereocenters. The van der Waals surface area contributed by atoms with E-state index in [1.165, 1.54) is 11.0 Å². The lowest BCUT2D eigenvalue weighted by atomic mass is 9.96. The fraction of sp³-hybridized carbons (Fsp3) is 0.636. The van der Waals surface area contributed by atoms with E-state index in [1.807, 2.05) is 20.8 Å². The molecule has 1 atom stereocenters. The Morgan fingerprint density at radius 2 is 2.06 bits per heavy atom. The number of anilines is 1.